The van der Waals surface area contributed by atoms with Crippen molar-refractivity contribution in [2.75, 3.05) is 13.2 Å². The molecule has 6 nitrogen and oxygen atoms in total. The first kappa shape index (κ1) is 19.1. The quantitative estimate of drug-likeness (QED) is 0.710. The Labute approximate surface area is 152 Å². The summed E-state index contributed by atoms with van der Waals surface area (Å²) in [5.41, 5.74) is 0.654. The Morgan fingerprint density at radius 3 is 2.35 bits per heavy atom. The van der Waals surface area contributed by atoms with Crippen molar-refractivity contribution in [2.24, 2.45) is 0 Å². The minimum absolute atomic E-state index is 0.246. The zero-order valence-corrected chi connectivity index (χ0v) is 14.7. The predicted octanol–water partition coefficient (Wildman–Crippen LogP) is 3.34. The Balaban J connectivity index is 2.33. The van der Waals surface area contributed by atoms with E-state index in [0.717, 1.165) is 0 Å². The van der Waals surface area contributed by atoms with Crippen LogP contribution < -0.4 is 14.8 Å². The van der Waals surface area contributed by atoms with E-state index in [-0.39, 0.29) is 5.70 Å². The molecule has 0 saturated carbocycles. The van der Waals surface area contributed by atoms with Crippen LogP contribution in [-0.4, -0.2) is 30.2 Å². The van der Waals surface area contributed by atoms with Gasteiger partial charge in [-0.1, -0.05) is 18.2 Å². The summed E-state index contributed by atoms with van der Waals surface area (Å²) in [6.45, 7) is 4.62. The van der Waals surface area contributed by atoms with E-state index in [1.54, 1.807) is 48.5 Å². The molecule has 26 heavy (non-hydrogen) atoms. The second-order valence-corrected chi connectivity index (χ2v) is 5.25. The SMILES string of the molecule is CCOc1ccc(C=C(NC(=O)c2ccccc2)C(=O)O)c(OCC)c1. The van der Waals surface area contributed by atoms with Crippen LogP contribution in [0.5, 0.6) is 11.5 Å². The van der Waals surface area contributed by atoms with Crippen molar-refractivity contribution in [3.8, 4) is 11.5 Å². The highest BCUT2D eigenvalue weighted by molar-refractivity contribution is 6.02. The molecule has 0 heterocycles. The maximum atomic E-state index is 12.2. The molecule has 0 bridgehead atoms. The predicted molar refractivity (Wildman–Crippen MR) is 98.3 cm³/mol. The van der Waals surface area contributed by atoms with Gasteiger partial charge in [0.15, 0.2) is 0 Å². The average molecular weight is 355 g/mol. The molecule has 0 aliphatic heterocycles. The van der Waals surface area contributed by atoms with Crippen molar-refractivity contribution in [3.63, 3.8) is 0 Å². The van der Waals surface area contributed by atoms with Crippen molar-refractivity contribution in [1.29, 1.82) is 0 Å². The number of aliphatic carboxylic acids is 1. The van der Waals surface area contributed by atoms with E-state index >= 15 is 0 Å². The van der Waals surface area contributed by atoms with Gasteiger partial charge in [-0.05, 0) is 44.2 Å². The van der Waals surface area contributed by atoms with Gasteiger partial charge in [0.25, 0.3) is 5.91 Å². The number of amides is 1. The topological polar surface area (TPSA) is 84.9 Å². The summed E-state index contributed by atoms with van der Waals surface area (Å²) < 4.78 is 11.0. The smallest absolute Gasteiger partial charge is 0.352 e. The molecule has 0 fully saturated rings. The summed E-state index contributed by atoms with van der Waals surface area (Å²) in [5, 5.41) is 11.9. The molecule has 136 valence electrons. The van der Waals surface area contributed by atoms with E-state index < -0.39 is 11.9 Å². The maximum absolute atomic E-state index is 12.2. The van der Waals surface area contributed by atoms with Crippen LogP contribution in [0.15, 0.2) is 54.2 Å². The number of rotatable bonds is 8. The van der Waals surface area contributed by atoms with Gasteiger partial charge in [0.2, 0.25) is 0 Å². The molecule has 0 radical (unpaired) electrons. The average Bonchev–Trinajstić information content (AvgIpc) is 2.64. The van der Waals surface area contributed by atoms with Gasteiger partial charge in [0.05, 0.1) is 13.2 Å². The largest absolute Gasteiger partial charge is 0.494 e. The summed E-state index contributed by atoms with van der Waals surface area (Å²) in [6.07, 6.45) is 1.36. The lowest BCUT2D eigenvalue weighted by Crippen LogP contribution is -2.27. The van der Waals surface area contributed by atoms with Gasteiger partial charge in [-0.25, -0.2) is 4.79 Å². The molecule has 0 aromatic heterocycles. The zero-order valence-electron chi connectivity index (χ0n) is 14.7. The van der Waals surface area contributed by atoms with E-state index in [4.69, 9.17) is 9.47 Å². The molecule has 2 aromatic rings. The van der Waals surface area contributed by atoms with Crippen LogP contribution >= 0.6 is 0 Å². The van der Waals surface area contributed by atoms with Crippen molar-refractivity contribution in [1.82, 2.24) is 5.32 Å². The van der Waals surface area contributed by atoms with Gasteiger partial charge >= 0.3 is 5.97 Å². The number of hydrogen-bond acceptors (Lipinski definition) is 4. The first-order chi connectivity index (χ1) is 12.5. The number of carbonyl (C=O) groups excluding carboxylic acids is 1. The van der Waals surface area contributed by atoms with Crippen LogP contribution in [0.1, 0.15) is 29.8 Å². The highest BCUT2D eigenvalue weighted by Gasteiger charge is 2.15. The molecule has 0 aliphatic rings. The van der Waals surface area contributed by atoms with Gasteiger partial charge in [0, 0.05) is 17.2 Å². The van der Waals surface area contributed by atoms with E-state index in [9.17, 15) is 14.7 Å². The highest BCUT2D eigenvalue weighted by atomic mass is 16.5. The monoisotopic (exact) mass is 355 g/mol. The first-order valence-electron chi connectivity index (χ1n) is 8.26. The third-order valence-corrected chi connectivity index (χ3v) is 3.41. The van der Waals surface area contributed by atoms with Crippen molar-refractivity contribution < 1.29 is 24.2 Å². The van der Waals surface area contributed by atoms with Gasteiger partial charge in [-0.15, -0.1) is 0 Å². The second-order valence-electron chi connectivity index (χ2n) is 5.25. The van der Waals surface area contributed by atoms with E-state index in [0.29, 0.717) is 35.8 Å². The fraction of sp³-hybridized carbons (Fsp3) is 0.200. The molecule has 0 aliphatic carbocycles. The minimum Gasteiger partial charge on any atom is -0.494 e. The van der Waals surface area contributed by atoms with Crippen LogP contribution in [0.4, 0.5) is 0 Å². The Bertz CT molecular complexity index is 799. The Morgan fingerprint density at radius 2 is 1.73 bits per heavy atom. The lowest BCUT2D eigenvalue weighted by Gasteiger charge is -2.12. The number of ether oxygens (including phenoxy) is 2. The minimum atomic E-state index is -1.24. The first-order valence-corrected chi connectivity index (χ1v) is 8.26. The van der Waals surface area contributed by atoms with Crippen molar-refractivity contribution in [3.05, 3.63) is 65.4 Å². The Kier molecular flexibility index (Phi) is 6.79. The molecule has 0 unspecified atom stereocenters. The van der Waals surface area contributed by atoms with E-state index in [1.807, 2.05) is 13.8 Å². The normalized spacial score (nSPS) is 10.9. The summed E-state index contributed by atoms with van der Waals surface area (Å²) >= 11 is 0. The Hall–Kier alpha value is -3.28. The van der Waals surface area contributed by atoms with Crippen LogP contribution in [-0.2, 0) is 4.79 Å². The highest BCUT2D eigenvalue weighted by Crippen LogP contribution is 2.27. The zero-order chi connectivity index (χ0) is 18.9. The number of hydrogen-bond donors (Lipinski definition) is 2. The van der Waals surface area contributed by atoms with Crippen molar-refractivity contribution in [2.45, 2.75) is 13.8 Å². The molecule has 1 amide bonds. The van der Waals surface area contributed by atoms with E-state index in [1.165, 1.54) is 6.08 Å². The molecular formula is C20H21NO5. The third-order valence-electron chi connectivity index (χ3n) is 3.41. The van der Waals surface area contributed by atoms with Crippen LogP contribution in [0, 0.1) is 0 Å². The summed E-state index contributed by atoms with van der Waals surface area (Å²) in [7, 11) is 0. The molecular weight excluding hydrogens is 334 g/mol. The number of carboxylic acid groups (broad SMARTS) is 1. The maximum Gasteiger partial charge on any atom is 0.352 e. The fourth-order valence-electron chi connectivity index (χ4n) is 2.26. The van der Waals surface area contributed by atoms with Gasteiger partial charge < -0.3 is 19.9 Å². The Morgan fingerprint density at radius 1 is 1.04 bits per heavy atom. The molecule has 0 saturated heterocycles. The lowest BCUT2D eigenvalue weighted by atomic mass is 10.1. The molecule has 2 aromatic carbocycles. The molecule has 0 atom stereocenters. The van der Waals surface area contributed by atoms with Crippen molar-refractivity contribution >= 4 is 18.0 Å². The fourth-order valence-corrected chi connectivity index (χ4v) is 2.26. The number of carboxylic acids is 1. The number of nitrogens with one attached hydrogen (secondary N) is 1. The van der Waals surface area contributed by atoms with Gasteiger partial charge in [0.1, 0.15) is 17.2 Å². The van der Waals surface area contributed by atoms with E-state index in [2.05, 4.69) is 5.32 Å². The van der Waals surface area contributed by atoms with Gasteiger partial charge in [-0.3, -0.25) is 4.79 Å². The molecule has 6 heteroatoms. The molecule has 2 N–H and O–H groups in total. The van der Waals surface area contributed by atoms with Crippen LogP contribution in [0.2, 0.25) is 0 Å². The van der Waals surface area contributed by atoms with Gasteiger partial charge in [-0.2, -0.15) is 0 Å². The molecule has 0 spiro atoms. The summed E-state index contributed by atoms with van der Waals surface area (Å²) in [6, 6.07) is 13.5. The standard InChI is InChI=1S/C20H21NO5/c1-3-25-16-11-10-15(18(13-16)26-4-2)12-17(20(23)24)21-19(22)14-8-6-5-7-9-14/h5-13H,3-4H2,1-2H3,(H,21,22)(H,23,24). The molecule has 2 rings (SSSR count). The lowest BCUT2D eigenvalue weighted by molar-refractivity contribution is -0.132. The number of benzene rings is 2. The van der Waals surface area contributed by atoms with Crippen LogP contribution in [0.3, 0.4) is 0 Å². The number of carbonyl (C=O) groups is 2. The second kappa shape index (κ2) is 9.27. The summed E-state index contributed by atoms with van der Waals surface area (Å²) in [5.74, 6) is -0.641. The summed E-state index contributed by atoms with van der Waals surface area (Å²) in [4.78, 5) is 23.8. The third kappa shape index (κ3) is 5.11. The van der Waals surface area contributed by atoms with Crippen LogP contribution in [0.25, 0.3) is 6.08 Å².